The first-order valence-electron chi connectivity index (χ1n) is 6.75. The summed E-state index contributed by atoms with van der Waals surface area (Å²) in [6.45, 7) is 2.80. The quantitative estimate of drug-likeness (QED) is 0.782. The van der Waals surface area contributed by atoms with Gasteiger partial charge in [0.25, 0.3) is 0 Å². The minimum Gasteiger partial charge on any atom is -0.497 e. The van der Waals surface area contributed by atoms with Crippen LogP contribution in [-0.4, -0.2) is 31.9 Å². The molecule has 0 bridgehead atoms. The van der Waals surface area contributed by atoms with E-state index in [1.54, 1.807) is 23.0 Å². The first kappa shape index (κ1) is 16.8. The Balaban J connectivity index is 1.88. The van der Waals surface area contributed by atoms with Gasteiger partial charge in [0.05, 0.1) is 28.9 Å². The van der Waals surface area contributed by atoms with Crippen molar-refractivity contribution in [2.75, 3.05) is 13.7 Å². The Hall–Kier alpha value is -1.57. The van der Waals surface area contributed by atoms with E-state index in [-0.39, 0.29) is 4.90 Å². The molecular formula is C14H18ClN3O3S. The highest BCUT2D eigenvalue weighted by atomic mass is 35.5. The van der Waals surface area contributed by atoms with Gasteiger partial charge in [0.15, 0.2) is 0 Å². The highest BCUT2D eigenvalue weighted by Crippen LogP contribution is 2.15. The van der Waals surface area contributed by atoms with Crippen LogP contribution in [0.15, 0.2) is 35.4 Å². The van der Waals surface area contributed by atoms with Crippen LogP contribution in [0.1, 0.15) is 12.1 Å². The molecule has 1 heterocycles. The largest absolute Gasteiger partial charge is 0.497 e. The number of aromatic nitrogens is 2. The van der Waals surface area contributed by atoms with Gasteiger partial charge in [-0.1, -0.05) is 11.6 Å². The molecule has 6 nitrogen and oxygen atoms in total. The zero-order valence-corrected chi connectivity index (χ0v) is 14.0. The number of sulfonamides is 1. The Kier molecular flexibility index (Phi) is 5.44. The van der Waals surface area contributed by atoms with Crippen molar-refractivity contribution in [1.29, 1.82) is 0 Å². The SMILES string of the molecule is COc1ccc(S(=O)(=O)NCCCn2ncc(Cl)c2C)cc1. The molecule has 0 unspecified atom stereocenters. The highest BCUT2D eigenvalue weighted by Gasteiger charge is 2.13. The van der Waals surface area contributed by atoms with Gasteiger partial charge < -0.3 is 4.74 Å². The molecule has 0 fully saturated rings. The van der Waals surface area contributed by atoms with Crippen LogP contribution in [0.25, 0.3) is 0 Å². The molecule has 0 aliphatic carbocycles. The number of ether oxygens (including phenoxy) is 1. The molecule has 0 radical (unpaired) electrons. The van der Waals surface area contributed by atoms with E-state index in [9.17, 15) is 8.42 Å². The third kappa shape index (κ3) is 4.00. The summed E-state index contributed by atoms with van der Waals surface area (Å²) < 4.78 is 33.6. The number of hydrogen-bond acceptors (Lipinski definition) is 4. The average Bonchev–Trinajstić information content (AvgIpc) is 2.83. The summed E-state index contributed by atoms with van der Waals surface area (Å²) in [5, 5.41) is 4.73. The second-order valence-electron chi connectivity index (χ2n) is 4.73. The summed E-state index contributed by atoms with van der Waals surface area (Å²) in [7, 11) is -1.97. The van der Waals surface area contributed by atoms with Crippen molar-refractivity contribution in [3.8, 4) is 5.75 Å². The van der Waals surface area contributed by atoms with Gasteiger partial charge in [-0.15, -0.1) is 0 Å². The average molecular weight is 344 g/mol. The highest BCUT2D eigenvalue weighted by molar-refractivity contribution is 7.89. The molecule has 0 spiro atoms. The number of halogens is 1. The molecule has 8 heteroatoms. The monoisotopic (exact) mass is 343 g/mol. The van der Waals surface area contributed by atoms with Crippen LogP contribution in [0, 0.1) is 6.92 Å². The fourth-order valence-corrected chi connectivity index (χ4v) is 3.14. The Bertz CT molecular complexity index is 726. The zero-order chi connectivity index (χ0) is 16.2. The molecule has 1 aromatic carbocycles. The van der Waals surface area contributed by atoms with E-state index >= 15 is 0 Å². The maximum Gasteiger partial charge on any atom is 0.240 e. The van der Waals surface area contributed by atoms with Gasteiger partial charge in [-0.25, -0.2) is 13.1 Å². The molecule has 22 heavy (non-hydrogen) atoms. The number of nitrogens with one attached hydrogen (secondary N) is 1. The van der Waals surface area contributed by atoms with Gasteiger partial charge in [-0.05, 0) is 37.6 Å². The molecule has 2 rings (SSSR count). The lowest BCUT2D eigenvalue weighted by Gasteiger charge is -2.08. The summed E-state index contributed by atoms with van der Waals surface area (Å²) in [5.41, 5.74) is 0.875. The summed E-state index contributed by atoms with van der Waals surface area (Å²) in [6, 6.07) is 6.25. The van der Waals surface area contributed by atoms with E-state index < -0.39 is 10.0 Å². The maximum absolute atomic E-state index is 12.1. The summed E-state index contributed by atoms with van der Waals surface area (Å²) in [5.74, 6) is 0.616. The van der Waals surface area contributed by atoms with Gasteiger partial charge >= 0.3 is 0 Å². The smallest absolute Gasteiger partial charge is 0.240 e. The van der Waals surface area contributed by atoms with Crippen LogP contribution in [0.5, 0.6) is 5.75 Å². The molecule has 120 valence electrons. The maximum atomic E-state index is 12.1. The number of methoxy groups -OCH3 is 1. The number of aryl methyl sites for hydroxylation is 1. The molecule has 0 aliphatic rings. The number of nitrogens with zero attached hydrogens (tertiary/aromatic N) is 2. The standard InChI is InChI=1S/C14H18ClN3O3S/c1-11-14(15)10-16-18(11)9-3-8-17-22(19,20)13-6-4-12(21-2)5-7-13/h4-7,10,17H,3,8-9H2,1-2H3. The van der Waals surface area contributed by atoms with Gasteiger partial charge in [0, 0.05) is 13.1 Å². The minimum atomic E-state index is -3.51. The number of hydrogen-bond donors (Lipinski definition) is 1. The topological polar surface area (TPSA) is 73.2 Å². The van der Waals surface area contributed by atoms with Crippen molar-refractivity contribution in [2.24, 2.45) is 0 Å². The lowest BCUT2D eigenvalue weighted by atomic mass is 10.3. The van der Waals surface area contributed by atoms with E-state index in [4.69, 9.17) is 16.3 Å². The van der Waals surface area contributed by atoms with E-state index in [2.05, 4.69) is 9.82 Å². The molecular weight excluding hydrogens is 326 g/mol. The second kappa shape index (κ2) is 7.13. The number of rotatable bonds is 7. The third-order valence-corrected chi connectivity index (χ3v) is 5.10. The van der Waals surface area contributed by atoms with Crippen LogP contribution in [-0.2, 0) is 16.6 Å². The van der Waals surface area contributed by atoms with Crippen molar-refractivity contribution in [3.05, 3.63) is 41.2 Å². The van der Waals surface area contributed by atoms with E-state index in [1.165, 1.54) is 19.2 Å². The lowest BCUT2D eigenvalue weighted by Crippen LogP contribution is -2.25. The first-order valence-corrected chi connectivity index (χ1v) is 8.62. The van der Waals surface area contributed by atoms with Crippen molar-refractivity contribution < 1.29 is 13.2 Å². The predicted octanol–water partition coefficient (Wildman–Crippen LogP) is 2.22. The van der Waals surface area contributed by atoms with Gasteiger partial charge in [-0.2, -0.15) is 5.10 Å². The van der Waals surface area contributed by atoms with E-state index in [0.717, 1.165) is 5.69 Å². The van der Waals surface area contributed by atoms with Gasteiger partial charge in [0.2, 0.25) is 10.0 Å². The predicted molar refractivity (Wildman–Crippen MR) is 84.8 cm³/mol. The molecule has 0 amide bonds. The first-order chi connectivity index (χ1) is 10.4. The Morgan fingerprint density at radius 1 is 1.32 bits per heavy atom. The van der Waals surface area contributed by atoms with Crippen LogP contribution >= 0.6 is 11.6 Å². The normalized spacial score (nSPS) is 11.6. The van der Waals surface area contributed by atoms with Crippen molar-refractivity contribution in [3.63, 3.8) is 0 Å². The van der Waals surface area contributed by atoms with Crippen molar-refractivity contribution in [1.82, 2.24) is 14.5 Å². The fraction of sp³-hybridized carbons (Fsp3) is 0.357. The molecule has 0 aliphatic heterocycles. The Morgan fingerprint density at radius 3 is 2.55 bits per heavy atom. The van der Waals surface area contributed by atoms with Crippen LogP contribution < -0.4 is 9.46 Å². The summed E-state index contributed by atoms with van der Waals surface area (Å²) >= 11 is 5.91. The van der Waals surface area contributed by atoms with Crippen molar-refractivity contribution in [2.45, 2.75) is 24.8 Å². The summed E-state index contributed by atoms with van der Waals surface area (Å²) in [6.07, 6.45) is 2.20. The third-order valence-electron chi connectivity index (χ3n) is 3.25. The molecule has 0 saturated carbocycles. The van der Waals surface area contributed by atoms with Gasteiger partial charge in [-0.3, -0.25) is 4.68 Å². The van der Waals surface area contributed by atoms with Crippen molar-refractivity contribution >= 4 is 21.6 Å². The Labute approximate surface area is 135 Å². The zero-order valence-electron chi connectivity index (χ0n) is 12.4. The molecule has 1 aromatic heterocycles. The van der Waals surface area contributed by atoms with Crippen LogP contribution in [0.4, 0.5) is 0 Å². The van der Waals surface area contributed by atoms with Crippen LogP contribution in [0.2, 0.25) is 5.02 Å². The number of benzene rings is 1. The lowest BCUT2D eigenvalue weighted by molar-refractivity contribution is 0.414. The van der Waals surface area contributed by atoms with Crippen LogP contribution in [0.3, 0.4) is 0 Å². The molecule has 0 saturated heterocycles. The van der Waals surface area contributed by atoms with Gasteiger partial charge in [0.1, 0.15) is 5.75 Å². The van der Waals surface area contributed by atoms with E-state index in [1.807, 2.05) is 6.92 Å². The molecule has 0 atom stereocenters. The minimum absolute atomic E-state index is 0.214. The van der Waals surface area contributed by atoms with E-state index in [0.29, 0.717) is 30.3 Å². The summed E-state index contributed by atoms with van der Waals surface area (Å²) in [4.78, 5) is 0.214. The molecule has 2 aromatic rings. The molecule has 1 N–H and O–H groups in total. The Morgan fingerprint density at radius 2 is 2.00 bits per heavy atom. The fourth-order valence-electron chi connectivity index (χ4n) is 1.92. The second-order valence-corrected chi connectivity index (χ2v) is 6.90.